The minimum absolute atomic E-state index is 0.247. The average molecular weight is 407 g/mol. The van der Waals surface area contributed by atoms with E-state index in [1.807, 2.05) is 37.3 Å². The Kier molecular flexibility index (Phi) is 4.80. The molecule has 0 saturated heterocycles. The Hall–Kier alpha value is -3.25. The largest absolute Gasteiger partial charge is 0.497 e. The fraction of sp³-hybridized carbons (Fsp3) is 0.130. The molecule has 0 unspecified atom stereocenters. The normalized spacial score (nSPS) is 11.6. The van der Waals surface area contributed by atoms with Crippen LogP contribution in [0.25, 0.3) is 22.0 Å². The average Bonchev–Trinajstić information content (AvgIpc) is 3.13. The van der Waals surface area contributed by atoms with E-state index in [0.29, 0.717) is 11.3 Å². The first-order valence-electron chi connectivity index (χ1n) is 9.10. The topological polar surface area (TPSA) is 57.5 Å². The van der Waals surface area contributed by atoms with Gasteiger partial charge in [-0.05, 0) is 55.0 Å². The zero-order valence-corrected chi connectivity index (χ0v) is 17.2. The summed E-state index contributed by atoms with van der Waals surface area (Å²) in [5, 5.41) is 0.796. The molecule has 0 bridgehead atoms. The summed E-state index contributed by atoms with van der Waals surface area (Å²) in [5.41, 5.74) is 3.29. The highest BCUT2D eigenvalue weighted by atomic mass is 32.2. The number of aromatic nitrogens is 1. The summed E-state index contributed by atoms with van der Waals surface area (Å²) in [6.45, 7) is 1.93. The summed E-state index contributed by atoms with van der Waals surface area (Å²) < 4.78 is 38.7. The number of aryl methyl sites for hydroxylation is 1. The number of fused-ring (bicyclic) bond motifs is 1. The second-order valence-electron chi connectivity index (χ2n) is 6.77. The minimum Gasteiger partial charge on any atom is -0.497 e. The summed E-state index contributed by atoms with van der Waals surface area (Å²) in [4.78, 5) is 0.247. The molecule has 4 rings (SSSR count). The molecule has 0 saturated carbocycles. The number of ether oxygens (including phenoxy) is 2. The summed E-state index contributed by atoms with van der Waals surface area (Å²) >= 11 is 0. The molecule has 0 aliphatic carbocycles. The van der Waals surface area contributed by atoms with E-state index < -0.39 is 10.0 Å². The monoisotopic (exact) mass is 407 g/mol. The van der Waals surface area contributed by atoms with Crippen molar-refractivity contribution in [2.24, 2.45) is 0 Å². The van der Waals surface area contributed by atoms with Crippen LogP contribution in [-0.4, -0.2) is 26.6 Å². The van der Waals surface area contributed by atoms with Crippen LogP contribution in [-0.2, 0) is 10.0 Å². The molecule has 5 nitrogen and oxygen atoms in total. The molecule has 0 radical (unpaired) electrons. The molecule has 0 amide bonds. The van der Waals surface area contributed by atoms with Crippen molar-refractivity contribution >= 4 is 20.9 Å². The van der Waals surface area contributed by atoms with Gasteiger partial charge in [0, 0.05) is 17.1 Å². The number of benzene rings is 3. The lowest BCUT2D eigenvalue weighted by Crippen LogP contribution is -2.11. The van der Waals surface area contributed by atoms with Crippen molar-refractivity contribution in [2.75, 3.05) is 14.2 Å². The predicted octanol–water partition coefficient (Wildman–Crippen LogP) is 4.87. The highest BCUT2D eigenvalue weighted by molar-refractivity contribution is 7.90. The van der Waals surface area contributed by atoms with Crippen LogP contribution in [0.5, 0.6) is 11.5 Å². The molecular formula is C23H21NO4S. The third kappa shape index (κ3) is 3.36. The Morgan fingerprint density at radius 2 is 1.41 bits per heavy atom. The molecule has 4 aromatic rings. The van der Waals surface area contributed by atoms with E-state index in [1.54, 1.807) is 56.8 Å². The highest BCUT2D eigenvalue weighted by Crippen LogP contribution is 2.35. The van der Waals surface area contributed by atoms with E-state index >= 15 is 0 Å². The van der Waals surface area contributed by atoms with Gasteiger partial charge in [-0.15, -0.1) is 0 Å². The van der Waals surface area contributed by atoms with E-state index in [2.05, 4.69) is 0 Å². The smallest absolute Gasteiger partial charge is 0.268 e. The third-order valence-electron chi connectivity index (χ3n) is 4.96. The molecule has 0 spiro atoms. The first kappa shape index (κ1) is 19.1. The van der Waals surface area contributed by atoms with Gasteiger partial charge < -0.3 is 9.47 Å². The lowest BCUT2D eigenvalue weighted by atomic mass is 10.0. The van der Waals surface area contributed by atoms with E-state index in [0.717, 1.165) is 27.8 Å². The zero-order valence-electron chi connectivity index (χ0n) is 16.4. The van der Waals surface area contributed by atoms with Crippen molar-refractivity contribution < 1.29 is 17.9 Å². The predicted molar refractivity (Wildman–Crippen MR) is 114 cm³/mol. The van der Waals surface area contributed by atoms with E-state index in [1.165, 1.54) is 3.97 Å². The van der Waals surface area contributed by atoms with Crippen molar-refractivity contribution in [3.63, 3.8) is 0 Å². The van der Waals surface area contributed by atoms with E-state index in [4.69, 9.17) is 9.47 Å². The van der Waals surface area contributed by atoms with Crippen LogP contribution in [0.3, 0.4) is 0 Å². The van der Waals surface area contributed by atoms with Crippen molar-refractivity contribution in [1.82, 2.24) is 3.97 Å². The molecule has 0 aliphatic heterocycles. The molecule has 3 aromatic carbocycles. The third-order valence-corrected chi connectivity index (χ3v) is 6.64. The standard InChI is InChI=1S/C23H21NO4S/c1-16-4-11-20(12-5-16)29(25,26)24-15-22(17-6-8-18(27-2)9-7-17)21-14-19(28-3)10-13-23(21)24/h4-15H,1-3H3. The van der Waals surface area contributed by atoms with Crippen molar-refractivity contribution in [1.29, 1.82) is 0 Å². The van der Waals surface area contributed by atoms with Gasteiger partial charge in [-0.2, -0.15) is 0 Å². The Morgan fingerprint density at radius 3 is 2.03 bits per heavy atom. The molecule has 0 aliphatic rings. The molecule has 6 heteroatoms. The number of hydrogen-bond acceptors (Lipinski definition) is 4. The lowest BCUT2D eigenvalue weighted by molar-refractivity contribution is 0.415. The van der Waals surface area contributed by atoms with Crippen LogP contribution < -0.4 is 9.47 Å². The fourth-order valence-electron chi connectivity index (χ4n) is 3.33. The Balaban J connectivity index is 1.96. The second-order valence-corrected chi connectivity index (χ2v) is 8.58. The first-order chi connectivity index (χ1) is 13.9. The van der Waals surface area contributed by atoms with Crippen LogP contribution in [0.1, 0.15) is 5.56 Å². The maximum absolute atomic E-state index is 13.4. The van der Waals surface area contributed by atoms with E-state index in [-0.39, 0.29) is 4.90 Å². The molecule has 0 N–H and O–H groups in total. The number of rotatable bonds is 5. The van der Waals surface area contributed by atoms with Crippen LogP contribution in [0.2, 0.25) is 0 Å². The first-order valence-corrected chi connectivity index (χ1v) is 10.5. The maximum atomic E-state index is 13.4. The van der Waals surface area contributed by atoms with Crippen LogP contribution in [0, 0.1) is 6.92 Å². The summed E-state index contributed by atoms with van der Waals surface area (Å²) in [7, 11) is -0.548. The SMILES string of the molecule is COc1ccc(-c2cn(S(=O)(=O)c3ccc(C)cc3)c3ccc(OC)cc23)cc1. The number of hydrogen-bond donors (Lipinski definition) is 0. The van der Waals surface area contributed by atoms with Gasteiger partial charge in [0.1, 0.15) is 11.5 Å². The highest BCUT2D eigenvalue weighted by Gasteiger charge is 2.22. The quantitative estimate of drug-likeness (QED) is 0.474. The molecule has 148 valence electrons. The second kappa shape index (κ2) is 7.29. The molecule has 29 heavy (non-hydrogen) atoms. The van der Waals surface area contributed by atoms with Gasteiger partial charge in [0.15, 0.2) is 0 Å². The van der Waals surface area contributed by atoms with Crippen molar-refractivity contribution in [2.45, 2.75) is 11.8 Å². The van der Waals surface area contributed by atoms with Crippen molar-refractivity contribution in [3.05, 3.63) is 78.5 Å². The Morgan fingerprint density at radius 1 is 0.793 bits per heavy atom. The summed E-state index contributed by atoms with van der Waals surface area (Å²) in [5.74, 6) is 1.40. The Labute approximate surface area is 170 Å². The van der Waals surface area contributed by atoms with Gasteiger partial charge in [-0.1, -0.05) is 29.8 Å². The number of nitrogens with zero attached hydrogens (tertiary/aromatic N) is 1. The zero-order chi connectivity index (χ0) is 20.6. The van der Waals surface area contributed by atoms with Gasteiger partial charge in [0.05, 0.1) is 24.6 Å². The lowest BCUT2D eigenvalue weighted by Gasteiger charge is -2.08. The van der Waals surface area contributed by atoms with E-state index in [9.17, 15) is 8.42 Å². The van der Waals surface area contributed by atoms with Gasteiger partial charge in [-0.3, -0.25) is 0 Å². The fourth-order valence-corrected chi connectivity index (χ4v) is 4.70. The van der Waals surface area contributed by atoms with Crippen LogP contribution in [0.15, 0.2) is 77.8 Å². The maximum Gasteiger partial charge on any atom is 0.268 e. The van der Waals surface area contributed by atoms with Gasteiger partial charge in [0.25, 0.3) is 10.0 Å². The van der Waals surface area contributed by atoms with Gasteiger partial charge in [0.2, 0.25) is 0 Å². The molecule has 0 atom stereocenters. The Bertz CT molecular complexity index is 1270. The van der Waals surface area contributed by atoms with Crippen LogP contribution >= 0.6 is 0 Å². The van der Waals surface area contributed by atoms with Crippen LogP contribution in [0.4, 0.5) is 0 Å². The summed E-state index contributed by atoms with van der Waals surface area (Å²) in [6, 6.07) is 19.8. The van der Waals surface area contributed by atoms with Gasteiger partial charge in [-0.25, -0.2) is 12.4 Å². The summed E-state index contributed by atoms with van der Waals surface area (Å²) in [6.07, 6.45) is 1.67. The molecule has 1 heterocycles. The molecular weight excluding hydrogens is 386 g/mol. The molecule has 0 fully saturated rings. The van der Waals surface area contributed by atoms with Crippen molar-refractivity contribution in [3.8, 4) is 22.6 Å². The van der Waals surface area contributed by atoms with Gasteiger partial charge >= 0.3 is 0 Å². The minimum atomic E-state index is -3.75. The number of methoxy groups -OCH3 is 2. The molecule has 1 aromatic heterocycles.